The summed E-state index contributed by atoms with van der Waals surface area (Å²) in [7, 11) is 0. The molecular formula is C28H36N2O5S. The number of carbonyl (C=O) groups excluding carboxylic acids is 1. The van der Waals surface area contributed by atoms with Crippen molar-refractivity contribution >= 4 is 17.4 Å². The second kappa shape index (κ2) is 14.0. The monoisotopic (exact) mass is 512 g/mol. The molecule has 7 nitrogen and oxygen atoms in total. The van der Waals surface area contributed by atoms with Crippen LogP contribution >= 0.6 is 11.3 Å². The fourth-order valence-electron chi connectivity index (χ4n) is 3.38. The molecule has 0 unspecified atom stereocenters. The maximum atomic E-state index is 12.1. The summed E-state index contributed by atoms with van der Waals surface area (Å²) in [5.74, 6) is 0.700. The number of alkyl carbamates (subject to hydrolysis) is 1. The Morgan fingerprint density at radius 2 is 1.78 bits per heavy atom. The van der Waals surface area contributed by atoms with Gasteiger partial charge in [-0.2, -0.15) is 0 Å². The molecule has 0 fully saturated rings. The highest BCUT2D eigenvalue weighted by Crippen LogP contribution is 2.32. The lowest BCUT2D eigenvalue weighted by atomic mass is 10.1. The molecule has 0 aliphatic rings. The van der Waals surface area contributed by atoms with E-state index in [0.29, 0.717) is 45.3 Å². The van der Waals surface area contributed by atoms with Crippen LogP contribution in [0.3, 0.4) is 0 Å². The molecule has 3 aromatic rings. The number of ether oxygens (including phenoxy) is 4. The van der Waals surface area contributed by atoms with Gasteiger partial charge in [0.05, 0.1) is 29.3 Å². The Labute approximate surface area is 217 Å². The summed E-state index contributed by atoms with van der Waals surface area (Å²) >= 11 is 1.59. The average molecular weight is 513 g/mol. The maximum absolute atomic E-state index is 12.1. The SMILES string of the molecule is Cc1ncsc1-c1ccc(CNC(=O)OC(C)(C)C)c(OCCOCCCOCc2ccccc2)c1. The Hall–Kier alpha value is -2.94. The number of hydrogen-bond donors (Lipinski definition) is 1. The molecule has 0 bridgehead atoms. The largest absolute Gasteiger partial charge is 0.491 e. The van der Waals surface area contributed by atoms with E-state index < -0.39 is 11.7 Å². The first-order chi connectivity index (χ1) is 17.3. The average Bonchev–Trinajstić information content (AvgIpc) is 3.27. The molecule has 1 amide bonds. The van der Waals surface area contributed by atoms with Crippen LogP contribution in [0, 0.1) is 6.92 Å². The summed E-state index contributed by atoms with van der Waals surface area (Å²) in [6.45, 7) is 10.5. The third kappa shape index (κ3) is 9.60. The highest BCUT2D eigenvalue weighted by Gasteiger charge is 2.17. The number of aromatic nitrogens is 1. The standard InChI is InChI=1S/C28H36N2O5S/c1-21-26(36-20-30-21)23-11-12-24(18-29-27(31)35-28(2,3)4)25(17-23)34-16-15-32-13-8-14-33-19-22-9-6-5-7-10-22/h5-7,9-12,17,20H,8,13-16,18-19H2,1-4H3,(H,29,31). The molecular weight excluding hydrogens is 476 g/mol. The first-order valence-corrected chi connectivity index (χ1v) is 13.0. The van der Waals surface area contributed by atoms with Gasteiger partial charge in [-0.25, -0.2) is 9.78 Å². The topological polar surface area (TPSA) is 78.9 Å². The van der Waals surface area contributed by atoms with Crippen molar-refractivity contribution in [3.8, 4) is 16.2 Å². The van der Waals surface area contributed by atoms with Crippen molar-refractivity contribution in [1.82, 2.24) is 10.3 Å². The van der Waals surface area contributed by atoms with Crippen molar-refractivity contribution in [2.24, 2.45) is 0 Å². The lowest BCUT2D eigenvalue weighted by Crippen LogP contribution is -2.32. The normalized spacial score (nSPS) is 11.3. The van der Waals surface area contributed by atoms with Gasteiger partial charge < -0.3 is 24.3 Å². The molecule has 3 rings (SSSR count). The summed E-state index contributed by atoms with van der Waals surface area (Å²) in [6.07, 6.45) is 0.353. The molecule has 194 valence electrons. The van der Waals surface area contributed by atoms with E-state index in [-0.39, 0.29) is 0 Å². The zero-order valence-corrected chi connectivity index (χ0v) is 22.4. The zero-order chi connectivity index (χ0) is 25.8. The van der Waals surface area contributed by atoms with E-state index in [1.165, 1.54) is 5.56 Å². The number of amides is 1. The summed E-state index contributed by atoms with van der Waals surface area (Å²) < 4.78 is 22.8. The van der Waals surface area contributed by atoms with Gasteiger partial charge in [0.15, 0.2) is 0 Å². The number of nitrogens with zero attached hydrogens (tertiary/aromatic N) is 1. The van der Waals surface area contributed by atoms with Gasteiger partial charge in [-0.3, -0.25) is 0 Å². The molecule has 36 heavy (non-hydrogen) atoms. The lowest BCUT2D eigenvalue weighted by molar-refractivity contribution is 0.0521. The van der Waals surface area contributed by atoms with Gasteiger partial charge in [0.2, 0.25) is 0 Å². The van der Waals surface area contributed by atoms with E-state index in [4.69, 9.17) is 18.9 Å². The van der Waals surface area contributed by atoms with Crippen LogP contribution < -0.4 is 10.1 Å². The van der Waals surface area contributed by atoms with Gasteiger partial charge >= 0.3 is 6.09 Å². The number of rotatable bonds is 13. The molecule has 1 N–H and O–H groups in total. The van der Waals surface area contributed by atoms with Gasteiger partial charge in [-0.15, -0.1) is 11.3 Å². The van der Waals surface area contributed by atoms with E-state index in [9.17, 15) is 4.79 Å². The van der Waals surface area contributed by atoms with E-state index in [2.05, 4.69) is 22.4 Å². The number of aryl methyl sites for hydroxylation is 1. The number of hydrogen-bond acceptors (Lipinski definition) is 7. The summed E-state index contributed by atoms with van der Waals surface area (Å²) in [4.78, 5) is 17.6. The summed E-state index contributed by atoms with van der Waals surface area (Å²) in [6, 6.07) is 16.1. The third-order valence-corrected chi connectivity index (χ3v) is 6.05. The van der Waals surface area contributed by atoms with Gasteiger partial charge in [-0.1, -0.05) is 42.5 Å². The molecule has 8 heteroatoms. The Kier molecular flexibility index (Phi) is 10.7. The Morgan fingerprint density at radius 1 is 1.00 bits per heavy atom. The fraction of sp³-hybridized carbons (Fsp3) is 0.429. The van der Waals surface area contributed by atoms with E-state index in [1.807, 2.05) is 69.6 Å². The first kappa shape index (κ1) is 27.6. The molecule has 0 atom stereocenters. The van der Waals surface area contributed by atoms with Crippen LogP contribution in [-0.4, -0.2) is 43.1 Å². The first-order valence-electron chi connectivity index (χ1n) is 12.1. The van der Waals surface area contributed by atoms with Crippen LogP contribution in [-0.2, 0) is 27.4 Å². The summed E-state index contributed by atoms with van der Waals surface area (Å²) in [5.41, 5.74) is 5.31. The van der Waals surface area contributed by atoms with Gasteiger partial charge in [0.25, 0.3) is 0 Å². The zero-order valence-electron chi connectivity index (χ0n) is 21.5. The van der Waals surface area contributed by atoms with Crippen LogP contribution in [0.25, 0.3) is 10.4 Å². The molecule has 0 saturated heterocycles. The van der Waals surface area contributed by atoms with Crippen LogP contribution in [0.1, 0.15) is 44.0 Å². The summed E-state index contributed by atoms with van der Waals surface area (Å²) in [5, 5.41) is 2.81. The third-order valence-electron chi connectivity index (χ3n) is 5.07. The quantitative estimate of drug-likeness (QED) is 0.277. The predicted octanol–water partition coefficient (Wildman–Crippen LogP) is 6.15. The highest BCUT2D eigenvalue weighted by atomic mass is 32.1. The maximum Gasteiger partial charge on any atom is 0.407 e. The lowest BCUT2D eigenvalue weighted by Gasteiger charge is -2.20. The van der Waals surface area contributed by atoms with E-state index in [1.54, 1.807) is 11.3 Å². The Morgan fingerprint density at radius 3 is 2.50 bits per heavy atom. The number of nitrogens with one attached hydrogen (secondary N) is 1. The molecule has 0 saturated carbocycles. The molecule has 1 heterocycles. The van der Waals surface area contributed by atoms with Gasteiger partial charge in [-0.05, 0) is 51.3 Å². The van der Waals surface area contributed by atoms with Gasteiger partial charge in [0, 0.05) is 25.3 Å². The van der Waals surface area contributed by atoms with Crippen molar-refractivity contribution in [2.45, 2.75) is 52.9 Å². The number of thiazole rings is 1. The Bertz CT molecular complexity index is 1080. The second-order valence-electron chi connectivity index (χ2n) is 9.30. The number of carbonyl (C=O) groups is 1. The minimum atomic E-state index is -0.555. The molecule has 0 spiro atoms. The predicted molar refractivity (Wildman–Crippen MR) is 142 cm³/mol. The molecule has 0 aliphatic carbocycles. The molecule has 2 aromatic carbocycles. The van der Waals surface area contributed by atoms with E-state index in [0.717, 1.165) is 28.1 Å². The highest BCUT2D eigenvalue weighted by molar-refractivity contribution is 7.13. The van der Waals surface area contributed by atoms with Crippen molar-refractivity contribution in [1.29, 1.82) is 0 Å². The fourth-order valence-corrected chi connectivity index (χ4v) is 4.18. The van der Waals surface area contributed by atoms with E-state index >= 15 is 0 Å². The smallest absolute Gasteiger partial charge is 0.407 e. The minimum Gasteiger partial charge on any atom is -0.491 e. The minimum absolute atomic E-state index is 0.297. The van der Waals surface area contributed by atoms with Crippen molar-refractivity contribution in [3.05, 3.63) is 70.9 Å². The van der Waals surface area contributed by atoms with Gasteiger partial charge in [0.1, 0.15) is 18.0 Å². The van der Waals surface area contributed by atoms with Crippen LogP contribution in [0.5, 0.6) is 5.75 Å². The number of benzene rings is 2. The second-order valence-corrected chi connectivity index (χ2v) is 10.2. The van der Waals surface area contributed by atoms with Crippen LogP contribution in [0.4, 0.5) is 4.79 Å². The molecule has 0 radical (unpaired) electrons. The van der Waals surface area contributed by atoms with Crippen LogP contribution in [0.15, 0.2) is 54.0 Å². The van der Waals surface area contributed by atoms with Crippen molar-refractivity contribution in [2.75, 3.05) is 26.4 Å². The molecule has 1 aromatic heterocycles. The Balaban J connectivity index is 1.46. The van der Waals surface area contributed by atoms with Crippen molar-refractivity contribution < 1.29 is 23.7 Å². The van der Waals surface area contributed by atoms with Crippen LogP contribution in [0.2, 0.25) is 0 Å². The van der Waals surface area contributed by atoms with Crippen molar-refractivity contribution in [3.63, 3.8) is 0 Å². The molecule has 0 aliphatic heterocycles.